The van der Waals surface area contributed by atoms with Crippen LogP contribution in [0.1, 0.15) is 32.6 Å². The van der Waals surface area contributed by atoms with E-state index in [1.165, 1.54) is 0 Å². The summed E-state index contributed by atoms with van der Waals surface area (Å²) in [5.41, 5.74) is 4.95. The van der Waals surface area contributed by atoms with E-state index in [1.807, 2.05) is 6.92 Å². The maximum absolute atomic E-state index is 12.5. The normalized spacial score (nSPS) is 20.1. The number of thioether (sulfide) groups is 1. The minimum atomic E-state index is -0.753. The van der Waals surface area contributed by atoms with Crippen molar-refractivity contribution in [3.63, 3.8) is 0 Å². The van der Waals surface area contributed by atoms with Gasteiger partial charge in [-0.2, -0.15) is 11.8 Å². The summed E-state index contributed by atoms with van der Waals surface area (Å²) < 4.78 is 0. The highest BCUT2D eigenvalue weighted by Gasteiger charge is 2.50. The van der Waals surface area contributed by atoms with Crippen LogP contribution in [0.25, 0.3) is 0 Å². The van der Waals surface area contributed by atoms with Crippen molar-refractivity contribution in [2.75, 3.05) is 19.1 Å². The molecule has 18 heavy (non-hydrogen) atoms. The van der Waals surface area contributed by atoms with Crippen molar-refractivity contribution in [3.8, 4) is 0 Å². The Morgan fingerprint density at radius 1 is 1.61 bits per heavy atom. The Hall–Kier alpha value is -0.910. The Balaban J connectivity index is 2.73. The quantitative estimate of drug-likeness (QED) is 0.333. The Morgan fingerprint density at radius 3 is 2.61 bits per heavy atom. The van der Waals surface area contributed by atoms with E-state index in [4.69, 9.17) is 10.9 Å². The minimum Gasteiger partial charge on any atom is -0.409 e. The van der Waals surface area contributed by atoms with E-state index in [9.17, 15) is 4.79 Å². The topological polar surface area (TPSA) is 78.9 Å². The monoisotopic (exact) mass is 273 g/mol. The first-order valence-corrected chi connectivity index (χ1v) is 7.63. The predicted octanol–water partition coefficient (Wildman–Crippen LogP) is 1.50. The van der Waals surface area contributed by atoms with E-state index >= 15 is 0 Å². The molecule has 1 rings (SSSR count). The second-order valence-corrected chi connectivity index (χ2v) is 5.95. The smallest absolute Gasteiger partial charge is 0.236 e. The Labute approximate surface area is 113 Å². The zero-order valence-corrected chi connectivity index (χ0v) is 12.2. The summed E-state index contributed by atoms with van der Waals surface area (Å²) in [5, 5.41) is 11.9. The van der Waals surface area contributed by atoms with Gasteiger partial charge in [-0.25, -0.2) is 0 Å². The standard InChI is InChI=1S/C12H23N3O2S/c1-9(5-8-18-3)15(2)11(16)12(6-4-7-12)10(13)14-17/h9,17H,4-8H2,1-3H3,(H2,13,14). The van der Waals surface area contributed by atoms with Crippen molar-refractivity contribution < 1.29 is 10.0 Å². The fourth-order valence-corrected chi connectivity index (χ4v) is 2.80. The van der Waals surface area contributed by atoms with Gasteiger partial charge in [-0.1, -0.05) is 11.6 Å². The van der Waals surface area contributed by atoms with Gasteiger partial charge in [0.1, 0.15) is 5.41 Å². The number of hydrogen-bond acceptors (Lipinski definition) is 4. The largest absolute Gasteiger partial charge is 0.409 e. The summed E-state index contributed by atoms with van der Waals surface area (Å²) in [6, 6.07) is 0.175. The van der Waals surface area contributed by atoms with E-state index in [-0.39, 0.29) is 17.8 Å². The number of nitrogens with two attached hydrogens (primary N) is 1. The van der Waals surface area contributed by atoms with Crippen molar-refractivity contribution in [2.24, 2.45) is 16.3 Å². The van der Waals surface area contributed by atoms with Crippen LogP contribution in [0.4, 0.5) is 0 Å². The van der Waals surface area contributed by atoms with Gasteiger partial charge in [0.05, 0.1) is 0 Å². The summed E-state index contributed by atoms with van der Waals surface area (Å²) in [4.78, 5) is 14.2. The van der Waals surface area contributed by atoms with Crippen LogP contribution >= 0.6 is 11.8 Å². The van der Waals surface area contributed by atoms with E-state index in [2.05, 4.69) is 11.4 Å². The fourth-order valence-electron chi connectivity index (χ4n) is 2.23. The average molecular weight is 273 g/mol. The minimum absolute atomic E-state index is 0.0161. The SMILES string of the molecule is CSCCC(C)N(C)C(=O)C1(C(N)=NO)CCC1. The van der Waals surface area contributed by atoms with Gasteiger partial charge >= 0.3 is 0 Å². The second-order valence-electron chi connectivity index (χ2n) is 4.97. The van der Waals surface area contributed by atoms with E-state index < -0.39 is 5.41 Å². The molecule has 0 aromatic carbocycles. The van der Waals surface area contributed by atoms with Crippen LogP contribution in [0.3, 0.4) is 0 Å². The van der Waals surface area contributed by atoms with Crippen molar-refractivity contribution in [3.05, 3.63) is 0 Å². The van der Waals surface area contributed by atoms with Gasteiger partial charge < -0.3 is 15.8 Å². The molecule has 1 saturated carbocycles. The van der Waals surface area contributed by atoms with Crippen LogP contribution < -0.4 is 5.73 Å². The average Bonchev–Trinajstić information content (AvgIpc) is 2.32. The number of oxime groups is 1. The second kappa shape index (κ2) is 6.31. The zero-order valence-electron chi connectivity index (χ0n) is 11.3. The highest BCUT2D eigenvalue weighted by atomic mass is 32.2. The maximum Gasteiger partial charge on any atom is 0.236 e. The van der Waals surface area contributed by atoms with Crippen LogP contribution in [0.5, 0.6) is 0 Å². The molecule has 3 N–H and O–H groups in total. The number of nitrogens with zero attached hydrogens (tertiary/aromatic N) is 2. The Bertz CT molecular complexity index is 329. The lowest BCUT2D eigenvalue weighted by Crippen LogP contribution is -2.56. The van der Waals surface area contributed by atoms with Crippen LogP contribution in [-0.4, -0.2) is 46.9 Å². The molecule has 104 valence electrons. The third-order valence-electron chi connectivity index (χ3n) is 3.94. The lowest BCUT2D eigenvalue weighted by molar-refractivity contribution is -0.142. The fraction of sp³-hybridized carbons (Fsp3) is 0.833. The van der Waals surface area contributed by atoms with Crippen molar-refractivity contribution >= 4 is 23.5 Å². The van der Waals surface area contributed by atoms with Crippen LogP contribution in [0, 0.1) is 5.41 Å². The first-order chi connectivity index (χ1) is 8.49. The molecule has 1 fully saturated rings. The molecular weight excluding hydrogens is 250 g/mol. The molecule has 0 aliphatic heterocycles. The third-order valence-corrected chi connectivity index (χ3v) is 4.58. The first-order valence-electron chi connectivity index (χ1n) is 6.24. The predicted molar refractivity (Wildman–Crippen MR) is 74.9 cm³/mol. The molecular formula is C12H23N3O2S. The summed E-state index contributed by atoms with van der Waals surface area (Å²) in [6.45, 7) is 2.03. The van der Waals surface area contributed by atoms with Crippen molar-refractivity contribution in [2.45, 2.75) is 38.6 Å². The van der Waals surface area contributed by atoms with Crippen LogP contribution in [0.2, 0.25) is 0 Å². The molecule has 0 bridgehead atoms. The molecule has 0 spiro atoms. The molecule has 5 nitrogen and oxygen atoms in total. The van der Waals surface area contributed by atoms with Gasteiger partial charge in [-0.15, -0.1) is 0 Å². The highest BCUT2D eigenvalue weighted by molar-refractivity contribution is 7.98. The molecule has 1 unspecified atom stereocenters. The molecule has 1 aliphatic carbocycles. The summed E-state index contributed by atoms with van der Waals surface area (Å²) >= 11 is 1.77. The number of amidine groups is 1. The maximum atomic E-state index is 12.5. The number of carbonyl (C=O) groups is 1. The summed E-state index contributed by atoms with van der Waals surface area (Å²) in [6.07, 6.45) is 5.33. The number of amides is 1. The van der Waals surface area contributed by atoms with E-state index in [0.717, 1.165) is 18.6 Å². The van der Waals surface area contributed by atoms with Crippen LogP contribution in [0.15, 0.2) is 5.16 Å². The van der Waals surface area contributed by atoms with E-state index in [0.29, 0.717) is 12.8 Å². The molecule has 0 radical (unpaired) electrons. The lowest BCUT2D eigenvalue weighted by Gasteiger charge is -2.42. The van der Waals surface area contributed by atoms with Gasteiger partial charge in [0, 0.05) is 13.1 Å². The summed E-state index contributed by atoms with van der Waals surface area (Å²) in [5.74, 6) is 1.07. The third kappa shape index (κ3) is 2.74. The van der Waals surface area contributed by atoms with Crippen molar-refractivity contribution in [1.82, 2.24) is 4.90 Å². The summed E-state index contributed by atoms with van der Waals surface area (Å²) in [7, 11) is 1.80. The van der Waals surface area contributed by atoms with Gasteiger partial charge in [-0.3, -0.25) is 4.79 Å². The zero-order chi connectivity index (χ0) is 13.8. The molecule has 6 heteroatoms. The molecule has 1 aliphatic rings. The molecule has 1 amide bonds. The first kappa shape index (κ1) is 15.1. The Kier molecular flexibility index (Phi) is 5.31. The van der Waals surface area contributed by atoms with Gasteiger partial charge in [0.2, 0.25) is 5.91 Å². The Morgan fingerprint density at radius 2 is 2.22 bits per heavy atom. The lowest BCUT2D eigenvalue weighted by atomic mass is 9.66. The molecule has 0 heterocycles. The molecule has 0 saturated heterocycles. The number of carbonyl (C=O) groups excluding carboxylic acids is 1. The van der Waals surface area contributed by atoms with Crippen molar-refractivity contribution in [1.29, 1.82) is 0 Å². The molecule has 0 aromatic rings. The number of rotatable bonds is 6. The van der Waals surface area contributed by atoms with Gasteiger partial charge in [-0.05, 0) is 38.2 Å². The molecule has 0 aromatic heterocycles. The molecule has 1 atom stereocenters. The number of hydrogen-bond donors (Lipinski definition) is 2. The highest BCUT2D eigenvalue weighted by Crippen LogP contribution is 2.43. The van der Waals surface area contributed by atoms with Gasteiger partial charge in [0.15, 0.2) is 5.84 Å². The van der Waals surface area contributed by atoms with Gasteiger partial charge in [0.25, 0.3) is 0 Å². The van der Waals surface area contributed by atoms with Crippen LogP contribution in [-0.2, 0) is 4.79 Å². The van der Waals surface area contributed by atoms with E-state index in [1.54, 1.807) is 23.7 Å².